The minimum Gasteiger partial charge on any atom is -0.270 e. The SMILES string of the molecule is CSc1nnc(-c2ccc(S(N)(=O)=O)cc2)n1-c1ccccc1. The molecule has 6 nitrogen and oxygen atoms in total. The second-order valence-corrected chi connectivity index (χ2v) is 7.09. The van der Waals surface area contributed by atoms with Crippen LogP contribution in [0.2, 0.25) is 0 Å². The number of thioether (sulfide) groups is 1. The van der Waals surface area contributed by atoms with Gasteiger partial charge in [0.05, 0.1) is 4.90 Å². The molecule has 3 aromatic rings. The maximum atomic E-state index is 11.4. The number of aromatic nitrogens is 3. The van der Waals surface area contributed by atoms with Gasteiger partial charge in [-0.15, -0.1) is 10.2 Å². The van der Waals surface area contributed by atoms with Crippen molar-refractivity contribution >= 4 is 21.8 Å². The molecule has 0 saturated carbocycles. The number of benzene rings is 2. The van der Waals surface area contributed by atoms with E-state index in [2.05, 4.69) is 10.2 Å². The molecule has 0 bridgehead atoms. The number of para-hydroxylation sites is 1. The van der Waals surface area contributed by atoms with Crippen molar-refractivity contribution in [2.75, 3.05) is 6.26 Å². The Hall–Kier alpha value is -2.16. The van der Waals surface area contributed by atoms with Gasteiger partial charge in [0.1, 0.15) is 0 Å². The molecule has 1 heterocycles. The van der Waals surface area contributed by atoms with E-state index in [1.165, 1.54) is 23.9 Å². The van der Waals surface area contributed by atoms with Crippen LogP contribution in [0.3, 0.4) is 0 Å². The molecule has 1 aromatic heterocycles. The van der Waals surface area contributed by atoms with Crippen molar-refractivity contribution in [1.29, 1.82) is 0 Å². The third kappa shape index (κ3) is 3.14. The van der Waals surface area contributed by atoms with E-state index in [0.717, 1.165) is 16.4 Å². The molecule has 0 aliphatic carbocycles. The average Bonchev–Trinajstić information content (AvgIpc) is 2.99. The molecule has 0 aliphatic heterocycles. The fourth-order valence-corrected chi connectivity index (χ4v) is 3.20. The molecule has 0 amide bonds. The minimum absolute atomic E-state index is 0.0668. The topological polar surface area (TPSA) is 90.9 Å². The predicted molar refractivity (Wildman–Crippen MR) is 89.9 cm³/mol. The zero-order valence-corrected chi connectivity index (χ0v) is 13.9. The summed E-state index contributed by atoms with van der Waals surface area (Å²) in [5, 5.41) is 14.3. The number of nitrogens with zero attached hydrogens (tertiary/aromatic N) is 3. The summed E-state index contributed by atoms with van der Waals surface area (Å²) in [6, 6.07) is 16.0. The highest BCUT2D eigenvalue weighted by atomic mass is 32.2. The molecule has 0 radical (unpaired) electrons. The monoisotopic (exact) mass is 346 g/mol. The van der Waals surface area contributed by atoms with Gasteiger partial charge >= 0.3 is 0 Å². The average molecular weight is 346 g/mol. The largest absolute Gasteiger partial charge is 0.270 e. The van der Waals surface area contributed by atoms with Crippen molar-refractivity contribution in [3.8, 4) is 17.1 Å². The molecular weight excluding hydrogens is 332 g/mol. The van der Waals surface area contributed by atoms with Crippen molar-refractivity contribution in [3.05, 3.63) is 54.6 Å². The van der Waals surface area contributed by atoms with Crippen LogP contribution in [0.15, 0.2) is 64.6 Å². The summed E-state index contributed by atoms with van der Waals surface area (Å²) >= 11 is 1.49. The lowest BCUT2D eigenvalue weighted by Gasteiger charge is -2.09. The van der Waals surface area contributed by atoms with E-state index < -0.39 is 10.0 Å². The Bertz CT molecular complexity index is 920. The molecule has 0 saturated heterocycles. The zero-order chi connectivity index (χ0) is 16.4. The fourth-order valence-electron chi connectivity index (χ4n) is 2.19. The van der Waals surface area contributed by atoms with E-state index in [9.17, 15) is 8.42 Å². The lowest BCUT2D eigenvalue weighted by molar-refractivity contribution is 0.598. The van der Waals surface area contributed by atoms with Gasteiger partial charge in [-0.05, 0) is 42.7 Å². The van der Waals surface area contributed by atoms with E-state index in [1.54, 1.807) is 12.1 Å². The molecule has 0 spiro atoms. The highest BCUT2D eigenvalue weighted by Crippen LogP contribution is 2.27. The Labute approximate surface area is 138 Å². The number of sulfonamides is 1. The van der Waals surface area contributed by atoms with Crippen molar-refractivity contribution in [1.82, 2.24) is 14.8 Å². The van der Waals surface area contributed by atoms with Crippen LogP contribution in [0.25, 0.3) is 17.1 Å². The van der Waals surface area contributed by atoms with Crippen molar-refractivity contribution in [2.45, 2.75) is 10.1 Å². The number of nitrogens with two attached hydrogens (primary N) is 1. The Morgan fingerprint density at radius 2 is 1.65 bits per heavy atom. The van der Waals surface area contributed by atoms with Gasteiger partial charge in [0, 0.05) is 11.3 Å². The standard InChI is InChI=1S/C15H14N4O2S2/c1-22-15-18-17-14(19(15)12-5-3-2-4-6-12)11-7-9-13(10-8-11)23(16,20)21/h2-10H,1H3,(H2,16,20,21). The molecule has 2 aromatic carbocycles. The van der Waals surface area contributed by atoms with Gasteiger partial charge in [0.15, 0.2) is 11.0 Å². The normalized spacial score (nSPS) is 11.6. The molecule has 0 fully saturated rings. The smallest absolute Gasteiger partial charge is 0.238 e. The maximum absolute atomic E-state index is 11.4. The molecular formula is C15H14N4O2S2. The fraction of sp³-hybridized carbons (Fsp3) is 0.0667. The Morgan fingerprint density at radius 1 is 1.00 bits per heavy atom. The van der Waals surface area contributed by atoms with Gasteiger partial charge in [0.2, 0.25) is 10.0 Å². The van der Waals surface area contributed by atoms with E-state index in [4.69, 9.17) is 5.14 Å². The van der Waals surface area contributed by atoms with Crippen LogP contribution in [0.4, 0.5) is 0 Å². The summed E-state index contributed by atoms with van der Waals surface area (Å²) in [6.07, 6.45) is 1.93. The van der Waals surface area contributed by atoms with Crippen molar-refractivity contribution in [2.24, 2.45) is 5.14 Å². The van der Waals surface area contributed by atoms with Gasteiger partial charge in [-0.2, -0.15) is 0 Å². The van der Waals surface area contributed by atoms with E-state index in [-0.39, 0.29) is 4.90 Å². The molecule has 8 heteroatoms. The first-order valence-corrected chi connectivity index (χ1v) is 9.46. The zero-order valence-electron chi connectivity index (χ0n) is 12.2. The third-order valence-electron chi connectivity index (χ3n) is 3.27. The van der Waals surface area contributed by atoms with E-state index in [1.807, 2.05) is 41.2 Å². The van der Waals surface area contributed by atoms with Crippen LogP contribution < -0.4 is 5.14 Å². The Kier molecular flexibility index (Phi) is 4.20. The second kappa shape index (κ2) is 6.15. The summed E-state index contributed by atoms with van der Waals surface area (Å²) in [7, 11) is -3.71. The van der Waals surface area contributed by atoms with Crippen LogP contribution in [0, 0.1) is 0 Å². The number of hydrogen-bond donors (Lipinski definition) is 1. The van der Waals surface area contributed by atoms with Gasteiger partial charge in [-0.1, -0.05) is 30.0 Å². The van der Waals surface area contributed by atoms with Crippen molar-refractivity contribution < 1.29 is 8.42 Å². The second-order valence-electron chi connectivity index (χ2n) is 4.75. The lowest BCUT2D eigenvalue weighted by Crippen LogP contribution is -2.11. The first-order valence-electron chi connectivity index (χ1n) is 6.69. The van der Waals surface area contributed by atoms with Crippen LogP contribution >= 0.6 is 11.8 Å². The van der Waals surface area contributed by atoms with Crippen molar-refractivity contribution in [3.63, 3.8) is 0 Å². The quantitative estimate of drug-likeness (QED) is 0.732. The summed E-state index contributed by atoms with van der Waals surface area (Å²) < 4.78 is 24.6. The number of rotatable bonds is 4. The van der Waals surface area contributed by atoms with Gasteiger partial charge < -0.3 is 0 Å². The lowest BCUT2D eigenvalue weighted by atomic mass is 10.2. The van der Waals surface area contributed by atoms with E-state index >= 15 is 0 Å². The summed E-state index contributed by atoms with van der Waals surface area (Å²) in [5.41, 5.74) is 1.70. The Morgan fingerprint density at radius 3 is 2.22 bits per heavy atom. The molecule has 3 rings (SSSR count). The van der Waals surface area contributed by atoms with Crippen LogP contribution in [0.5, 0.6) is 0 Å². The molecule has 23 heavy (non-hydrogen) atoms. The molecule has 2 N–H and O–H groups in total. The molecule has 0 atom stereocenters. The van der Waals surface area contributed by atoms with Crippen LogP contribution in [-0.2, 0) is 10.0 Å². The van der Waals surface area contributed by atoms with Gasteiger partial charge in [-0.3, -0.25) is 4.57 Å². The first-order chi connectivity index (χ1) is 11.0. The molecule has 0 unspecified atom stereocenters. The predicted octanol–water partition coefficient (Wildman–Crippen LogP) is 2.30. The van der Waals surface area contributed by atoms with E-state index in [0.29, 0.717) is 5.82 Å². The minimum atomic E-state index is -3.71. The maximum Gasteiger partial charge on any atom is 0.238 e. The molecule has 118 valence electrons. The van der Waals surface area contributed by atoms with Crippen LogP contribution in [0.1, 0.15) is 0 Å². The highest BCUT2D eigenvalue weighted by Gasteiger charge is 2.16. The number of hydrogen-bond acceptors (Lipinski definition) is 5. The summed E-state index contributed by atoms with van der Waals surface area (Å²) in [4.78, 5) is 0.0668. The van der Waals surface area contributed by atoms with Gasteiger partial charge in [0.25, 0.3) is 0 Å². The summed E-state index contributed by atoms with van der Waals surface area (Å²) in [6.45, 7) is 0. The third-order valence-corrected chi connectivity index (χ3v) is 4.83. The van der Waals surface area contributed by atoms with Gasteiger partial charge in [-0.25, -0.2) is 13.6 Å². The highest BCUT2D eigenvalue weighted by molar-refractivity contribution is 7.98. The summed E-state index contributed by atoms with van der Waals surface area (Å²) in [5.74, 6) is 0.640. The number of primary sulfonamides is 1. The Balaban J connectivity index is 2.13. The first kappa shape index (κ1) is 15.7. The molecule has 0 aliphatic rings. The van der Waals surface area contributed by atoms with Crippen LogP contribution in [-0.4, -0.2) is 29.4 Å².